The number of benzene rings is 1. The van der Waals surface area contributed by atoms with E-state index < -0.39 is 29.4 Å². The van der Waals surface area contributed by atoms with Gasteiger partial charge >= 0.3 is 5.97 Å². The first-order chi connectivity index (χ1) is 11.0. The smallest absolute Gasteiger partial charge is 0.302 e. The van der Waals surface area contributed by atoms with Gasteiger partial charge in [-0.05, 0) is 42.3 Å². The minimum Gasteiger partial charge on any atom is -0.468 e. The van der Waals surface area contributed by atoms with Crippen molar-refractivity contribution in [3.8, 4) is 6.07 Å². The fraction of sp³-hybridized carbons (Fsp3) is 0.294. The Morgan fingerprint density at radius 3 is 2.78 bits per heavy atom. The van der Waals surface area contributed by atoms with Gasteiger partial charge in [0.1, 0.15) is 23.3 Å². The summed E-state index contributed by atoms with van der Waals surface area (Å²) >= 11 is 0. The van der Waals surface area contributed by atoms with E-state index in [0.29, 0.717) is 5.76 Å². The maximum absolute atomic E-state index is 14.1. The molecule has 1 heterocycles. The number of ether oxygens (including phenoxy) is 1. The average Bonchev–Trinajstić information content (AvgIpc) is 3.03. The van der Waals surface area contributed by atoms with Crippen molar-refractivity contribution in [2.45, 2.75) is 25.2 Å². The molecule has 0 amide bonds. The third-order valence-corrected chi connectivity index (χ3v) is 3.48. The summed E-state index contributed by atoms with van der Waals surface area (Å²) in [4.78, 5) is 10.9. The zero-order valence-electron chi connectivity index (χ0n) is 12.5. The Morgan fingerprint density at radius 2 is 2.17 bits per heavy atom. The second-order valence-corrected chi connectivity index (χ2v) is 5.02. The molecule has 0 fully saturated rings. The number of furan rings is 1. The lowest BCUT2D eigenvalue weighted by Crippen LogP contribution is -2.15. The molecule has 0 unspecified atom stereocenters. The predicted octanol–water partition coefficient (Wildman–Crippen LogP) is 3.90. The van der Waals surface area contributed by atoms with Gasteiger partial charge in [0.15, 0.2) is 0 Å². The fourth-order valence-electron chi connectivity index (χ4n) is 2.45. The summed E-state index contributed by atoms with van der Waals surface area (Å²) in [6, 6.07) is 8.36. The zero-order valence-corrected chi connectivity index (χ0v) is 12.5. The topological polar surface area (TPSA) is 63.2 Å². The maximum atomic E-state index is 14.1. The predicted molar refractivity (Wildman–Crippen MR) is 77.4 cm³/mol. The van der Waals surface area contributed by atoms with Gasteiger partial charge in [-0.3, -0.25) is 4.79 Å². The van der Waals surface area contributed by atoms with Gasteiger partial charge in [-0.15, -0.1) is 0 Å². The van der Waals surface area contributed by atoms with Crippen LogP contribution in [0.2, 0.25) is 0 Å². The zero-order chi connectivity index (χ0) is 16.8. The van der Waals surface area contributed by atoms with E-state index >= 15 is 0 Å². The fourth-order valence-corrected chi connectivity index (χ4v) is 2.45. The Morgan fingerprint density at radius 1 is 1.39 bits per heavy atom. The first-order valence-electron chi connectivity index (χ1n) is 7.04. The highest BCUT2D eigenvalue weighted by Crippen LogP contribution is 2.37. The molecule has 4 nitrogen and oxygen atoms in total. The van der Waals surface area contributed by atoms with Crippen LogP contribution in [0.4, 0.5) is 8.78 Å². The molecular weight excluding hydrogens is 304 g/mol. The van der Waals surface area contributed by atoms with Crippen LogP contribution in [-0.2, 0) is 9.53 Å². The van der Waals surface area contributed by atoms with Crippen LogP contribution in [0.1, 0.15) is 36.5 Å². The van der Waals surface area contributed by atoms with Crippen molar-refractivity contribution < 1.29 is 22.7 Å². The highest BCUT2D eigenvalue weighted by atomic mass is 19.1. The second-order valence-electron chi connectivity index (χ2n) is 5.02. The van der Waals surface area contributed by atoms with Crippen molar-refractivity contribution in [1.82, 2.24) is 0 Å². The monoisotopic (exact) mass is 319 g/mol. The maximum Gasteiger partial charge on any atom is 0.302 e. The van der Waals surface area contributed by atoms with Crippen LogP contribution in [0.3, 0.4) is 0 Å². The third kappa shape index (κ3) is 4.16. The molecule has 1 aromatic heterocycles. The number of halogens is 2. The molecule has 1 aromatic carbocycles. The highest BCUT2D eigenvalue weighted by molar-refractivity contribution is 5.65. The van der Waals surface area contributed by atoms with E-state index in [-0.39, 0.29) is 18.6 Å². The molecule has 0 spiro atoms. The van der Waals surface area contributed by atoms with Crippen LogP contribution in [0.25, 0.3) is 0 Å². The summed E-state index contributed by atoms with van der Waals surface area (Å²) in [5.74, 6) is -2.88. The molecule has 0 saturated carbocycles. The first-order valence-corrected chi connectivity index (χ1v) is 7.04. The lowest BCUT2D eigenvalue weighted by atomic mass is 9.82. The van der Waals surface area contributed by atoms with Crippen molar-refractivity contribution in [3.05, 3.63) is 59.6 Å². The molecule has 2 atom stereocenters. The SMILES string of the molecule is CC(=O)OCC[C@@H](c1cc(F)ccc1F)[C@H](C#N)c1ccco1. The van der Waals surface area contributed by atoms with E-state index in [2.05, 4.69) is 6.07 Å². The van der Waals surface area contributed by atoms with Crippen molar-refractivity contribution >= 4 is 5.97 Å². The molecule has 0 N–H and O–H groups in total. The van der Waals surface area contributed by atoms with Crippen LogP contribution in [0.15, 0.2) is 41.0 Å². The van der Waals surface area contributed by atoms with Crippen LogP contribution in [-0.4, -0.2) is 12.6 Å². The van der Waals surface area contributed by atoms with Gasteiger partial charge in [-0.1, -0.05) is 0 Å². The first kappa shape index (κ1) is 16.7. The number of rotatable bonds is 6. The van der Waals surface area contributed by atoms with Gasteiger partial charge in [0.2, 0.25) is 0 Å². The third-order valence-electron chi connectivity index (χ3n) is 3.48. The quantitative estimate of drug-likeness (QED) is 0.758. The summed E-state index contributed by atoms with van der Waals surface area (Å²) in [7, 11) is 0. The lowest BCUT2D eigenvalue weighted by Gasteiger charge is -2.21. The molecule has 2 rings (SSSR count). The Balaban J connectivity index is 2.36. The van der Waals surface area contributed by atoms with E-state index in [4.69, 9.17) is 9.15 Å². The molecule has 0 aliphatic carbocycles. The molecule has 120 valence electrons. The van der Waals surface area contributed by atoms with Crippen LogP contribution >= 0.6 is 0 Å². The summed E-state index contributed by atoms with van der Waals surface area (Å²) < 4.78 is 37.8. The van der Waals surface area contributed by atoms with Crippen molar-refractivity contribution in [2.24, 2.45) is 0 Å². The summed E-state index contributed by atoms with van der Waals surface area (Å²) in [6.07, 6.45) is 1.57. The molecule has 23 heavy (non-hydrogen) atoms. The van der Waals surface area contributed by atoms with Gasteiger partial charge in [-0.25, -0.2) is 8.78 Å². The largest absolute Gasteiger partial charge is 0.468 e. The van der Waals surface area contributed by atoms with Gasteiger partial charge in [0, 0.05) is 12.8 Å². The van der Waals surface area contributed by atoms with Crippen LogP contribution in [0, 0.1) is 23.0 Å². The normalized spacial score (nSPS) is 13.1. The molecular formula is C17H15F2NO3. The number of hydrogen-bond donors (Lipinski definition) is 0. The lowest BCUT2D eigenvalue weighted by molar-refractivity contribution is -0.141. The van der Waals surface area contributed by atoms with Crippen LogP contribution < -0.4 is 0 Å². The summed E-state index contributed by atoms with van der Waals surface area (Å²) in [5, 5.41) is 9.46. The van der Waals surface area contributed by atoms with Crippen molar-refractivity contribution in [3.63, 3.8) is 0 Å². The number of nitrogens with zero attached hydrogens (tertiary/aromatic N) is 1. The van der Waals surface area contributed by atoms with Crippen molar-refractivity contribution in [1.29, 1.82) is 5.26 Å². The number of nitriles is 1. The molecule has 0 saturated heterocycles. The van der Waals surface area contributed by atoms with E-state index in [1.165, 1.54) is 13.2 Å². The highest BCUT2D eigenvalue weighted by Gasteiger charge is 2.29. The van der Waals surface area contributed by atoms with Gasteiger partial charge < -0.3 is 9.15 Å². The van der Waals surface area contributed by atoms with E-state index in [1.54, 1.807) is 12.1 Å². The Bertz CT molecular complexity index is 707. The molecule has 0 aliphatic rings. The molecule has 0 radical (unpaired) electrons. The molecule has 0 bridgehead atoms. The van der Waals surface area contributed by atoms with Gasteiger partial charge in [-0.2, -0.15) is 5.26 Å². The van der Waals surface area contributed by atoms with Crippen molar-refractivity contribution in [2.75, 3.05) is 6.61 Å². The van der Waals surface area contributed by atoms with E-state index in [0.717, 1.165) is 18.2 Å². The number of carbonyl (C=O) groups is 1. The molecule has 2 aromatic rings. The van der Waals surface area contributed by atoms with Gasteiger partial charge in [0.25, 0.3) is 0 Å². The summed E-state index contributed by atoms with van der Waals surface area (Å²) in [5.41, 5.74) is 0.0557. The second kappa shape index (κ2) is 7.54. The number of esters is 1. The van der Waals surface area contributed by atoms with Gasteiger partial charge in [0.05, 0.1) is 18.9 Å². The minimum atomic E-state index is -0.822. The number of carbonyl (C=O) groups excluding carboxylic acids is 1. The number of hydrogen-bond acceptors (Lipinski definition) is 4. The van der Waals surface area contributed by atoms with E-state index in [9.17, 15) is 18.8 Å². The Labute approximate surface area is 132 Å². The molecule has 0 aliphatic heterocycles. The average molecular weight is 319 g/mol. The minimum absolute atomic E-state index is 0.00512. The molecule has 6 heteroatoms. The standard InChI is InChI=1S/C17H15F2NO3/c1-11(21)22-8-6-13(14-9-12(18)4-5-16(14)19)15(10-20)17-3-2-7-23-17/h2-5,7,9,13,15H,6,8H2,1H3/t13-,15-/m0/s1. The Kier molecular flexibility index (Phi) is 5.47. The van der Waals surface area contributed by atoms with E-state index in [1.807, 2.05) is 0 Å². The van der Waals surface area contributed by atoms with Crippen LogP contribution in [0.5, 0.6) is 0 Å². The Hall–Kier alpha value is -2.68. The summed E-state index contributed by atoms with van der Waals surface area (Å²) in [6.45, 7) is 1.25.